The van der Waals surface area contributed by atoms with E-state index in [-0.39, 0.29) is 6.61 Å². The van der Waals surface area contributed by atoms with Gasteiger partial charge in [-0.3, -0.25) is 4.90 Å². The predicted octanol–water partition coefficient (Wildman–Crippen LogP) is 2.56. The molecule has 3 heteroatoms. The van der Waals surface area contributed by atoms with Gasteiger partial charge in [-0.2, -0.15) is 0 Å². The molecule has 0 fully saturated rings. The Labute approximate surface area is 119 Å². The zero-order valence-electron chi connectivity index (χ0n) is 11.9. The number of benzene rings is 1. The van der Waals surface area contributed by atoms with E-state index >= 15 is 0 Å². The molecule has 1 aromatic heterocycles. The van der Waals surface area contributed by atoms with Gasteiger partial charge >= 0.3 is 0 Å². The molecular weight excluding hydrogens is 250 g/mol. The lowest BCUT2D eigenvalue weighted by atomic mass is 10.1. The SMILES string of the molecule is Cc1occc1CN(C)Cc1cccc(C#CCO)c1. The highest BCUT2D eigenvalue weighted by Crippen LogP contribution is 2.13. The molecule has 0 saturated heterocycles. The van der Waals surface area contributed by atoms with E-state index in [1.54, 1.807) is 6.26 Å². The van der Waals surface area contributed by atoms with Crippen molar-refractivity contribution in [3.05, 3.63) is 59.0 Å². The van der Waals surface area contributed by atoms with Crippen molar-refractivity contribution in [2.24, 2.45) is 0 Å². The Hall–Kier alpha value is -2.02. The molecule has 0 aliphatic heterocycles. The van der Waals surface area contributed by atoms with Crippen molar-refractivity contribution in [2.75, 3.05) is 13.7 Å². The molecule has 3 nitrogen and oxygen atoms in total. The van der Waals surface area contributed by atoms with Crippen molar-refractivity contribution in [3.63, 3.8) is 0 Å². The van der Waals surface area contributed by atoms with Crippen LogP contribution in [0, 0.1) is 18.8 Å². The standard InChI is InChI=1S/C17H19NO2/c1-14-17(8-10-20-14)13-18(2)12-16-6-3-5-15(11-16)7-4-9-19/h3,5-6,8,10-11,19H,9,12-13H2,1-2H3. The molecule has 0 amide bonds. The van der Waals surface area contributed by atoms with E-state index < -0.39 is 0 Å². The summed E-state index contributed by atoms with van der Waals surface area (Å²) in [6, 6.07) is 10.1. The zero-order valence-corrected chi connectivity index (χ0v) is 11.9. The molecule has 0 aliphatic rings. The Morgan fingerprint density at radius 3 is 2.80 bits per heavy atom. The van der Waals surface area contributed by atoms with Gasteiger partial charge in [0, 0.05) is 24.2 Å². The van der Waals surface area contributed by atoms with E-state index in [1.807, 2.05) is 25.1 Å². The number of aliphatic hydroxyl groups is 1. The van der Waals surface area contributed by atoms with Crippen LogP contribution < -0.4 is 0 Å². The largest absolute Gasteiger partial charge is 0.469 e. The molecule has 0 unspecified atom stereocenters. The van der Waals surface area contributed by atoms with Crippen LogP contribution in [0.5, 0.6) is 0 Å². The minimum atomic E-state index is -0.107. The van der Waals surface area contributed by atoms with Crippen molar-refractivity contribution in [2.45, 2.75) is 20.0 Å². The fraction of sp³-hybridized carbons (Fsp3) is 0.294. The summed E-state index contributed by atoms with van der Waals surface area (Å²) in [5, 5.41) is 8.72. The van der Waals surface area contributed by atoms with E-state index in [2.05, 4.69) is 35.9 Å². The van der Waals surface area contributed by atoms with Gasteiger partial charge < -0.3 is 9.52 Å². The van der Waals surface area contributed by atoms with E-state index in [9.17, 15) is 0 Å². The van der Waals surface area contributed by atoms with Gasteiger partial charge in [-0.1, -0.05) is 24.0 Å². The maximum absolute atomic E-state index is 8.72. The van der Waals surface area contributed by atoms with Gasteiger partial charge in [-0.05, 0) is 37.7 Å². The Morgan fingerprint density at radius 2 is 2.10 bits per heavy atom. The summed E-state index contributed by atoms with van der Waals surface area (Å²) in [5.74, 6) is 6.57. The molecule has 2 aromatic rings. The minimum absolute atomic E-state index is 0.107. The van der Waals surface area contributed by atoms with Crippen LogP contribution in [0.15, 0.2) is 41.0 Å². The fourth-order valence-electron chi connectivity index (χ4n) is 2.12. The van der Waals surface area contributed by atoms with E-state index in [0.717, 1.165) is 24.4 Å². The number of hydrogen-bond donors (Lipinski definition) is 1. The summed E-state index contributed by atoms with van der Waals surface area (Å²) in [6.07, 6.45) is 1.73. The first kappa shape index (κ1) is 14.4. The van der Waals surface area contributed by atoms with Crippen LogP contribution in [0.1, 0.15) is 22.5 Å². The molecule has 0 atom stereocenters. The normalized spacial score (nSPS) is 10.4. The molecule has 2 rings (SSSR count). The van der Waals surface area contributed by atoms with Crippen molar-refractivity contribution < 1.29 is 9.52 Å². The number of furan rings is 1. The van der Waals surface area contributed by atoms with Crippen LogP contribution in [0.4, 0.5) is 0 Å². The summed E-state index contributed by atoms with van der Waals surface area (Å²) in [7, 11) is 2.08. The summed E-state index contributed by atoms with van der Waals surface area (Å²) in [5.41, 5.74) is 3.35. The van der Waals surface area contributed by atoms with Gasteiger partial charge in [-0.15, -0.1) is 0 Å². The number of hydrogen-bond acceptors (Lipinski definition) is 3. The third-order valence-electron chi connectivity index (χ3n) is 3.10. The third kappa shape index (κ3) is 3.99. The summed E-state index contributed by atoms with van der Waals surface area (Å²) >= 11 is 0. The van der Waals surface area contributed by atoms with Crippen LogP contribution in [0.25, 0.3) is 0 Å². The first-order chi connectivity index (χ1) is 9.69. The molecule has 0 spiro atoms. The Balaban J connectivity index is 2.00. The second-order valence-electron chi connectivity index (χ2n) is 4.83. The van der Waals surface area contributed by atoms with Gasteiger partial charge in [-0.25, -0.2) is 0 Å². The van der Waals surface area contributed by atoms with E-state index in [0.29, 0.717) is 0 Å². The van der Waals surface area contributed by atoms with Crippen LogP contribution in [0.3, 0.4) is 0 Å². The maximum Gasteiger partial charge on any atom is 0.105 e. The Kier molecular flexibility index (Phi) is 5.00. The molecule has 0 aliphatic carbocycles. The molecule has 1 N–H and O–H groups in total. The number of aliphatic hydroxyl groups excluding tert-OH is 1. The number of nitrogens with zero attached hydrogens (tertiary/aromatic N) is 1. The van der Waals surface area contributed by atoms with Gasteiger partial charge in [0.05, 0.1) is 6.26 Å². The van der Waals surface area contributed by atoms with Crippen LogP contribution in [-0.2, 0) is 13.1 Å². The quantitative estimate of drug-likeness (QED) is 0.867. The predicted molar refractivity (Wildman–Crippen MR) is 79.0 cm³/mol. The second kappa shape index (κ2) is 6.95. The zero-order chi connectivity index (χ0) is 14.4. The smallest absolute Gasteiger partial charge is 0.105 e. The molecule has 1 aromatic carbocycles. The number of rotatable bonds is 4. The van der Waals surface area contributed by atoms with Crippen LogP contribution >= 0.6 is 0 Å². The topological polar surface area (TPSA) is 36.6 Å². The average Bonchev–Trinajstić information content (AvgIpc) is 2.82. The molecule has 104 valence electrons. The van der Waals surface area contributed by atoms with Crippen LogP contribution in [0.2, 0.25) is 0 Å². The van der Waals surface area contributed by atoms with Crippen molar-refractivity contribution in [1.29, 1.82) is 0 Å². The molecule has 0 saturated carbocycles. The van der Waals surface area contributed by atoms with Gasteiger partial charge in [0.15, 0.2) is 0 Å². The summed E-state index contributed by atoms with van der Waals surface area (Å²) in [6.45, 7) is 3.58. The molecule has 0 bridgehead atoms. The second-order valence-corrected chi connectivity index (χ2v) is 4.83. The van der Waals surface area contributed by atoms with Crippen molar-refractivity contribution in [3.8, 4) is 11.8 Å². The fourth-order valence-corrected chi connectivity index (χ4v) is 2.12. The first-order valence-corrected chi connectivity index (χ1v) is 6.59. The van der Waals surface area contributed by atoms with Crippen molar-refractivity contribution >= 4 is 0 Å². The maximum atomic E-state index is 8.72. The summed E-state index contributed by atoms with van der Waals surface area (Å²) in [4.78, 5) is 2.23. The molecule has 1 heterocycles. The summed E-state index contributed by atoms with van der Waals surface area (Å²) < 4.78 is 5.31. The highest BCUT2D eigenvalue weighted by molar-refractivity contribution is 5.37. The lowest BCUT2D eigenvalue weighted by molar-refractivity contribution is 0.316. The van der Waals surface area contributed by atoms with E-state index in [4.69, 9.17) is 9.52 Å². The molecule has 20 heavy (non-hydrogen) atoms. The monoisotopic (exact) mass is 269 g/mol. The minimum Gasteiger partial charge on any atom is -0.469 e. The highest BCUT2D eigenvalue weighted by atomic mass is 16.3. The Bertz CT molecular complexity index is 619. The molecular formula is C17H19NO2. The van der Waals surface area contributed by atoms with Gasteiger partial charge in [0.1, 0.15) is 12.4 Å². The van der Waals surface area contributed by atoms with Gasteiger partial charge in [0.25, 0.3) is 0 Å². The lowest BCUT2D eigenvalue weighted by Gasteiger charge is -2.16. The van der Waals surface area contributed by atoms with E-state index in [1.165, 1.54) is 11.1 Å². The van der Waals surface area contributed by atoms with Gasteiger partial charge in [0.2, 0.25) is 0 Å². The van der Waals surface area contributed by atoms with Crippen LogP contribution in [-0.4, -0.2) is 23.7 Å². The molecule has 0 radical (unpaired) electrons. The first-order valence-electron chi connectivity index (χ1n) is 6.59. The lowest BCUT2D eigenvalue weighted by Crippen LogP contribution is -2.17. The van der Waals surface area contributed by atoms with Crippen molar-refractivity contribution in [1.82, 2.24) is 4.90 Å². The highest BCUT2D eigenvalue weighted by Gasteiger charge is 2.06. The average molecular weight is 269 g/mol. The number of aryl methyl sites for hydroxylation is 1. The third-order valence-corrected chi connectivity index (χ3v) is 3.10. The Morgan fingerprint density at radius 1 is 1.25 bits per heavy atom.